The lowest BCUT2D eigenvalue weighted by Crippen LogP contribution is -2.42. The van der Waals surface area contributed by atoms with E-state index >= 15 is 0 Å². The van der Waals surface area contributed by atoms with Crippen LogP contribution >= 0.6 is 0 Å². The van der Waals surface area contributed by atoms with Gasteiger partial charge in [-0.3, -0.25) is 0 Å². The fourth-order valence-electron chi connectivity index (χ4n) is 4.08. The first-order valence-electron chi connectivity index (χ1n) is 10.0. The van der Waals surface area contributed by atoms with E-state index in [9.17, 15) is 0 Å². The number of rotatable bonds is 7. The van der Waals surface area contributed by atoms with E-state index in [4.69, 9.17) is 4.74 Å². The van der Waals surface area contributed by atoms with Crippen molar-refractivity contribution < 1.29 is 4.74 Å². The lowest BCUT2D eigenvalue weighted by Gasteiger charge is -2.43. The molecule has 0 unspecified atom stereocenters. The topological polar surface area (TPSA) is 21.3 Å². The molecule has 2 heteroatoms. The largest absolute Gasteiger partial charge is 0.378 e. The lowest BCUT2D eigenvalue weighted by molar-refractivity contribution is -0.0469. The van der Waals surface area contributed by atoms with Crippen molar-refractivity contribution in [3.8, 4) is 0 Å². The van der Waals surface area contributed by atoms with Gasteiger partial charge in [0, 0.05) is 18.6 Å². The molecule has 140 valence electrons. The molecule has 0 radical (unpaired) electrons. The number of hydrogen-bond acceptors (Lipinski definition) is 2. The van der Waals surface area contributed by atoms with Crippen LogP contribution in [0.4, 0.5) is 0 Å². The summed E-state index contributed by atoms with van der Waals surface area (Å²) in [7, 11) is 0. The zero-order valence-corrected chi connectivity index (χ0v) is 16.5. The molecule has 0 saturated carbocycles. The van der Waals surface area contributed by atoms with Crippen LogP contribution in [0, 0.1) is 12.8 Å². The van der Waals surface area contributed by atoms with Crippen LogP contribution in [0.3, 0.4) is 0 Å². The van der Waals surface area contributed by atoms with E-state index in [1.165, 1.54) is 16.7 Å². The quantitative estimate of drug-likeness (QED) is 0.688. The standard InChI is InChI=1S/C24H33NO/c1-19(2)23-17-24(14-16-26-23,22-11-9-20(3)10-12-22)13-15-25-18-21-7-5-4-6-8-21/h4-12,19,23,25H,13-18H2,1-3H3/t23-,24-/m1/s1. The van der Waals surface area contributed by atoms with Crippen LogP contribution in [-0.2, 0) is 16.7 Å². The van der Waals surface area contributed by atoms with E-state index in [2.05, 4.69) is 80.7 Å². The Morgan fingerprint density at radius 3 is 2.50 bits per heavy atom. The van der Waals surface area contributed by atoms with E-state index in [0.29, 0.717) is 12.0 Å². The Balaban J connectivity index is 1.69. The second-order valence-electron chi connectivity index (χ2n) is 8.17. The van der Waals surface area contributed by atoms with Crippen molar-refractivity contribution in [2.75, 3.05) is 13.2 Å². The van der Waals surface area contributed by atoms with Crippen LogP contribution in [-0.4, -0.2) is 19.3 Å². The summed E-state index contributed by atoms with van der Waals surface area (Å²) in [6.45, 7) is 9.57. The van der Waals surface area contributed by atoms with Gasteiger partial charge in [0.1, 0.15) is 0 Å². The van der Waals surface area contributed by atoms with Gasteiger partial charge in [-0.1, -0.05) is 74.0 Å². The molecule has 0 amide bonds. The van der Waals surface area contributed by atoms with Crippen molar-refractivity contribution in [3.63, 3.8) is 0 Å². The maximum absolute atomic E-state index is 6.10. The third-order valence-corrected chi connectivity index (χ3v) is 5.86. The number of aryl methyl sites for hydroxylation is 1. The number of benzene rings is 2. The van der Waals surface area contributed by atoms with Crippen LogP contribution in [0.1, 0.15) is 49.8 Å². The van der Waals surface area contributed by atoms with Crippen molar-refractivity contribution in [2.24, 2.45) is 5.92 Å². The molecule has 1 fully saturated rings. The summed E-state index contributed by atoms with van der Waals surface area (Å²) in [6, 6.07) is 19.9. The van der Waals surface area contributed by atoms with Gasteiger partial charge in [-0.05, 0) is 49.8 Å². The Bertz CT molecular complexity index is 664. The first kappa shape index (κ1) is 19.1. The zero-order chi connectivity index (χ0) is 18.4. The zero-order valence-electron chi connectivity index (χ0n) is 16.5. The lowest BCUT2D eigenvalue weighted by atomic mass is 9.68. The Morgan fingerprint density at radius 1 is 1.08 bits per heavy atom. The molecule has 0 bridgehead atoms. The van der Waals surface area contributed by atoms with Crippen LogP contribution in [0.15, 0.2) is 54.6 Å². The molecule has 1 saturated heterocycles. The van der Waals surface area contributed by atoms with Crippen molar-refractivity contribution in [1.82, 2.24) is 5.32 Å². The minimum atomic E-state index is 0.227. The molecule has 0 aliphatic carbocycles. The molecule has 1 N–H and O–H groups in total. The van der Waals surface area contributed by atoms with Crippen LogP contribution in [0.5, 0.6) is 0 Å². The Kier molecular flexibility index (Phi) is 6.50. The highest BCUT2D eigenvalue weighted by molar-refractivity contribution is 5.30. The molecule has 1 heterocycles. The van der Waals surface area contributed by atoms with E-state index in [0.717, 1.165) is 39.0 Å². The average Bonchev–Trinajstić information content (AvgIpc) is 2.67. The minimum absolute atomic E-state index is 0.227. The third-order valence-electron chi connectivity index (χ3n) is 5.86. The van der Waals surface area contributed by atoms with Gasteiger partial charge < -0.3 is 10.1 Å². The van der Waals surface area contributed by atoms with Crippen molar-refractivity contribution in [2.45, 2.75) is 58.1 Å². The SMILES string of the molecule is Cc1ccc([C@]2(CCNCc3ccccc3)CCO[C@@H](C(C)C)C2)cc1. The molecular formula is C24H33NO. The first-order chi connectivity index (χ1) is 12.6. The van der Waals surface area contributed by atoms with Crippen molar-refractivity contribution >= 4 is 0 Å². The predicted octanol–water partition coefficient (Wildman–Crippen LogP) is 5.25. The molecular weight excluding hydrogens is 318 g/mol. The van der Waals surface area contributed by atoms with E-state index in [-0.39, 0.29) is 5.41 Å². The highest BCUT2D eigenvalue weighted by atomic mass is 16.5. The second kappa shape index (κ2) is 8.83. The average molecular weight is 352 g/mol. The van der Waals surface area contributed by atoms with Crippen molar-refractivity contribution in [1.29, 1.82) is 0 Å². The van der Waals surface area contributed by atoms with Crippen LogP contribution in [0.25, 0.3) is 0 Å². The van der Waals surface area contributed by atoms with Gasteiger partial charge in [0.05, 0.1) is 6.10 Å². The summed E-state index contributed by atoms with van der Waals surface area (Å²) in [6.07, 6.45) is 3.77. The maximum Gasteiger partial charge on any atom is 0.0606 e. The third kappa shape index (κ3) is 4.75. The van der Waals surface area contributed by atoms with E-state index in [1.807, 2.05) is 0 Å². The van der Waals surface area contributed by atoms with Crippen LogP contribution in [0.2, 0.25) is 0 Å². The highest BCUT2D eigenvalue weighted by Gasteiger charge is 2.38. The molecule has 0 aromatic heterocycles. The van der Waals surface area contributed by atoms with Gasteiger partial charge in [0.2, 0.25) is 0 Å². The van der Waals surface area contributed by atoms with Gasteiger partial charge in [0.15, 0.2) is 0 Å². The summed E-state index contributed by atoms with van der Waals surface area (Å²) in [5.41, 5.74) is 4.39. The Morgan fingerprint density at radius 2 is 1.81 bits per heavy atom. The predicted molar refractivity (Wildman–Crippen MR) is 109 cm³/mol. The van der Waals surface area contributed by atoms with Gasteiger partial charge in [-0.15, -0.1) is 0 Å². The first-order valence-corrected chi connectivity index (χ1v) is 10.0. The molecule has 2 aromatic rings. The summed E-state index contributed by atoms with van der Waals surface area (Å²) in [5.74, 6) is 0.567. The van der Waals surface area contributed by atoms with E-state index in [1.54, 1.807) is 0 Å². The number of ether oxygens (including phenoxy) is 1. The number of hydrogen-bond donors (Lipinski definition) is 1. The Labute approximate surface area is 159 Å². The van der Waals surface area contributed by atoms with Gasteiger partial charge >= 0.3 is 0 Å². The molecule has 2 nitrogen and oxygen atoms in total. The van der Waals surface area contributed by atoms with Gasteiger partial charge in [-0.2, -0.15) is 0 Å². The summed E-state index contributed by atoms with van der Waals surface area (Å²) >= 11 is 0. The molecule has 26 heavy (non-hydrogen) atoms. The van der Waals surface area contributed by atoms with Gasteiger partial charge in [0.25, 0.3) is 0 Å². The monoisotopic (exact) mass is 351 g/mol. The fraction of sp³-hybridized carbons (Fsp3) is 0.500. The van der Waals surface area contributed by atoms with Gasteiger partial charge in [-0.25, -0.2) is 0 Å². The minimum Gasteiger partial charge on any atom is -0.378 e. The normalized spacial score (nSPS) is 23.3. The molecule has 1 aliphatic heterocycles. The summed E-state index contributed by atoms with van der Waals surface area (Å²) < 4.78 is 6.10. The van der Waals surface area contributed by atoms with Crippen LogP contribution < -0.4 is 5.32 Å². The fourth-order valence-corrected chi connectivity index (χ4v) is 4.08. The van der Waals surface area contributed by atoms with Crippen molar-refractivity contribution in [3.05, 3.63) is 71.3 Å². The Hall–Kier alpha value is -1.64. The summed E-state index contributed by atoms with van der Waals surface area (Å²) in [5, 5.41) is 3.66. The number of nitrogens with one attached hydrogen (secondary N) is 1. The molecule has 0 spiro atoms. The molecule has 2 aromatic carbocycles. The maximum atomic E-state index is 6.10. The van der Waals surface area contributed by atoms with E-state index < -0.39 is 0 Å². The summed E-state index contributed by atoms with van der Waals surface area (Å²) in [4.78, 5) is 0. The smallest absolute Gasteiger partial charge is 0.0606 e. The molecule has 1 aliphatic rings. The highest BCUT2D eigenvalue weighted by Crippen LogP contribution is 2.41. The second-order valence-corrected chi connectivity index (χ2v) is 8.17. The molecule has 3 rings (SSSR count). The molecule has 2 atom stereocenters.